The number of hydrogen-bond acceptors (Lipinski definition) is 10. The van der Waals surface area contributed by atoms with Gasteiger partial charge in [0.15, 0.2) is 23.1 Å². The van der Waals surface area contributed by atoms with Gasteiger partial charge in [0.25, 0.3) is 17.7 Å². The smallest absolute Gasteiger partial charge is 0.416 e. The number of benzene rings is 6. The number of rotatable bonds is 19. The Morgan fingerprint density at radius 3 is 1.13 bits per heavy atom. The molecule has 3 amide bonds. The number of halogens is 10. The third kappa shape index (κ3) is 19.1. The number of alkyl halides is 9. The number of nitrogens with one attached hydrogen (secondary N) is 3. The van der Waals surface area contributed by atoms with Crippen molar-refractivity contribution in [3.63, 3.8) is 0 Å². The maximum Gasteiger partial charge on any atom is 0.416 e. The molecule has 0 heterocycles. The Morgan fingerprint density at radius 2 is 0.747 bits per heavy atom. The lowest BCUT2D eigenvalue weighted by Gasteiger charge is -2.17. The molecule has 3 fully saturated rings. The molecule has 0 aliphatic heterocycles. The Kier molecular flexibility index (Phi) is 23.1. The highest BCUT2D eigenvalue weighted by Crippen LogP contribution is 2.38. The molecule has 23 heteroatoms. The molecule has 0 radical (unpaired) electrons. The summed E-state index contributed by atoms with van der Waals surface area (Å²) in [7, 11) is 5.39. The van der Waals surface area contributed by atoms with Crippen LogP contribution in [-0.4, -0.2) is 64.5 Å². The van der Waals surface area contributed by atoms with E-state index in [1.54, 1.807) is 42.5 Å². The summed E-state index contributed by atoms with van der Waals surface area (Å²) in [4.78, 5) is 37.4. The summed E-state index contributed by atoms with van der Waals surface area (Å²) in [5.41, 5.74) is -2.00. The van der Waals surface area contributed by atoms with Crippen molar-refractivity contribution < 1.29 is 91.4 Å². The van der Waals surface area contributed by atoms with Crippen molar-refractivity contribution in [1.29, 1.82) is 0 Å². The first-order chi connectivity index (χ1) is 41.4. The van der Waals surface area contributed by atoms with Gasteiger partial charge in [-0.15, -0.1) is 0 Å². The molecule has 0 saturated heterocycles. The Morgan fingerprint density at radius 1 is 0.391 bits per heavy atom. The van der Waals surface area contributed by atoms with Gasteiger partial charge in [-0.2, -0.15) is 39.5 Å². The van der Waals surface area contributed by atoms with E-state index in [1.807, 2.05) is 0 Å². The van der Waals surface area contributed by atoms with Crippen molar-refractivity contribution in [3.8, 4) is 40.2 Å². The highest BCUT2D eigenvalue weighted by molar-refractivity contribution is 5.96. The molecule has 6 aromatic carbocycles. The molecule has 3 aliphatic rings. The minimum absolute atomic E-state index is 0.0232. The molecule has 3 N–H and O–H groups in total. The number of amides is 3. The van der Waals surface area contributed by atoms with Crippen LogP contribution in [0.1, 0.15) is 142 Å². The van der Waals surface area contributed by atoms with E-state index in [2.05, 4.69) is 16.0 Å². The summed E-state index contributed by atoms with van der Waals surface area (Å²) in [5, 5.41) is 7.55. The molecule has 0 spiro atoms. The molecule has 468 valence electrons. The first-order valence-corrected chi connectivity index (χ1v) is 28.1. The molecule has 0 aromatic heterocycles. The standard InChI is InChI=1S/C22H24F3NO4.C21H21F4NO3.C21H22F3NO3/c1-28-17-9-7-15(18(12-17)22(23,24)25)13-26-21(27)14-8-10-19(29-2)20(11-14)30-16-5-3-4-6-16;1-28-16-8-6-14(17(11-16)21(23,24)25)12-26-20(27)13-7-9-18(22)19(10-13)29-15-4-2-3-5-15;1-27-17-10-9-15(19(12-17)21(22,23)24)13-25-20(26)14-5-4-8-18(11-14)28-16-6-2-3-7-16/h7-12,16H,3-6,13H2,1-2H3,(H,26,27);6-11,15H,2-5,12H2,1H3,(H,26,27);4-5,8-12,16H,2-3,6-7,13H2,1H3,(H,25,26). The number of hydrogen-bond donors (Lipinski definition) is 3. The van der Waals surface area contributed by atoms with Crippen LogP contribution in [-0.2, 0) is 38.2 Å². The zero-order valence-corrected chi connectivity index (χ0v) is 48.2. The Labute approximate surface area is 497 Å². The van der Waals surface area contributed by atoms with Crippen molar-refractivity contribution >= 4 is 17.7 Å². The van der Waals surface area contributed by atoms with Crippen LogP contribution >= 0.6 is 0 Å². The highest BCUT2D eigenvalue weighted by atomic mass is 19.4. The molecule has 3 aliphatic carbocycles. The van der Waals surface area contributed by atoms with Crippen LogP contribution in [0.3, 0.4) is 0 Å². The highest BCUT2D eigenvalue weighted by Gasteiger charge is 2.36. The molecule has 87 heavy (non-hydrogen) atoms. The first-order valence-electron chi connectivity index (χ1n) is 28.1. The molecule has 6 aromatic rings. The second kappa shape index (κ2) is 30.3. The van der Waals surface area contributed by atoms with E-state index in [0.29, 0.717) is 22.8 Å². The fourth-order valence-electron chi connectivity index (χ4n) is 10.1. The van der Waals surface area contributed by atoms with Gasteiger partial charge in [-0.25, -0.2) is 4.39 Å². The molecular weight excluding hydrogens is 1160 g/mol. The molecule has 13 nitrogen and oxygen atoms in total. The van der Waals surface area contributed by atoms with Crippen LogP contribution in [0.15, 0.2) is 115 Å². The SMILES string of the molecule is COc1ccc(CNC(=O)c2ccc(F)c(OC3CCCC3)c2)c(C(F)(F)F)c1.COc1ccc(CNC(=O)c2ccc(OC)c(OC3CCCC3)c2)c(C(F)(F)F)c1.COc1ccc(CNC(=O)c2cccc(OC3CCCC3)c2)c(C(F)(F)F)c1. The van der Waals surface area contributed by atoms with E-state index >= 15 is 0 Å². The largest absolute Gasteiger partial charge is 0.497 e. The normalized spacial score (nSPS) is 14.6. The van der Waals surface area contributed by atoms with Crippen molar-refractivity contribution in [2.24, 2.45) is 0 Å². The lowest BCUT2D eigenvalue weighted by atomic mass is 10.1. The van der Waals surface area contributed by atoms with Crippen molar-refractivity contribution in [1.82, 2.24) is 16.0 Å². The second-order valence-electron chi connectivity index (χ2n) is 20.7. The van der Waals surface area contributed by atoms with E-state index in [-0.39, 0.29) is 88.8 Å². The molecule has 9 rings (SSSR count). The maximum absolute atomic E-state index is 14.0. The fraction of sp³-hybridized carbons (Fsp3) is 0.391. The average molecular weight is 1230 g/mol. The third-order valence-corrected chi connectivity index (χ3v) is 14.7. The first kappa shape index (κ1) is 66.2. The number of carbonyl (C=O) groups is 3. The minimum Gasteiger partial charge on any atom is -0.497 e. The fourth-order valence-corrected chi connectivity index (χ4v) is 10.1. The van der Waals surface area contributed by atoms with Crippen molar-refractivity contribution in [2.75, 3.05) is 28.4 Å². The van der Waals surface area contributed by atoms with Gasteiger partial charge in [0.05, 0.1) is 63.4 Å². The van der Waals surface area contributed by atoms with Crippen LogP contribution in [0.5, 0.6) is 40.2 Å². The van der Waals surface area contributed by atoms with Crippen LogP contribution in [0.25, 0.3) is 0 Å². The molecule has 3 saturated carbocycles. The predicted molar refractivity (Wildman–Crippen MR) is 302 cm³/mol. The monoisotopic (exact) mass is 1230 g/mol. The topological polar surface area (TPSA) is 152 Å². The van der Waals surface area contributed by atoms with Gasteiger partial charge in [0.1, 0.15) is 23.0 Å². The number of carbonyl (C=O) groups excluding carboxylic acids is 3. The quantitative estimate of drug-likeness (QED) is 0.0669. The van der Waals surface area contributed by atoms with E-state index in [4.69, 9.17) is 33.2 Å². The van der Waals surface area contributed by atoms with E-state index in [9.17, 15) is 58.3 Å². The molecule has 0 atom stereocenters. The molecular formula is C64H67F10N3O10. The van der Waals surface area contributed by atoms with Gasteiger partial charge >= 0.3 is 18.5 Å². The lowest BCUT2D eigenvalue weighted by Crippen LogP contribution is -2.25. The third-order valence-electron chi connectivity index (χ3n) is 14.7. The van der Waals surface area contributed by atoms with Crippen LogP contribution in [0.4, 0.5) is 43.9 Å². The molecule has 0 bridgehead atoms. The predicted octanol–water partition coefficient (Wildman–Crippen LogP) is 15.0. The van der Waals surface area contributed by atoms with Gasteiger partial charge in [-0.3, -0.25) is 14.4 Å². The lowest BCUT2D eigenvalue weighted by molar-refractivity contribution is -0.139. The Balaban J connectivity index is 0.000000187. The number of methoxy groups -OCH3 is 4. The minimum atomic E-state index is -4.59. The summed E-state index contributed by atoms with van der Waals surface area (Å²) in [6.45, 7) is -0.859. The van der Waals surface area contributed by atoms with Gasteiger partial charge in [0, 0.05) is 36.3 Å². The van der Waals surface area contributed by atoms with Crippen LogP contribution in [0.2, 0.25) is 0 Å². The summed E-state index contributed by atoms with van der Waals surface area (Å²) in [6, 6.07) is 25.9. The van der Waals surface area contributed by atoms with Crippen LogP contribution < -0.4 is 49.1 Å². The zero-order chi connectivity index (χ0) is 62.9. The zero-order valence-electron chi connectivity index (χ0n) is 48.2. The summed E-state index contributed by atoms with van der Waals surface area (Å²) >= 11 is 0. The maximum atomic E-state index is 14.0. The average Bonchev–Trinajstić information content (AvgIpc) is 4.18. The number of ether oxygens (including phenoxy) is 7. The van der Waals surface area contributed by atoms with Gasteiger partial charge in [0.2, 0.25) is 0 Å². The van der Waals surface area contributed by atoms with E-state index in [1.165, 1.54) is 77.0 Å². The Hall–Kier alpha value is -8.37. The van der Waals surface area contributed by atoms with Gasteiger partial charge in [-0.05, 0) is 185 Å². The Bertz CT molecular complexity index is 3280. The van der Waals surface area contributed by atoms with Crippen LogP contribution in [0, 0.1) is 5.82 Å². The molecule has 0 unspecified atom stereocenters. The second-order valence-corrected chi connectivity index (χ2v) is 20.7. The van der Waals surface area contributed by atoms with Crippen molar-refractivity contribution in [2.45, 2.75) is 134 Å². The summed E-state index contributed by atoms with van der Waals surface area (Å²) in [5.74, 6) is -0.345. The van der Waals surface area contributed by atoms with Gasteiger partial charge < -0.3 is 49.1 Å². The summed E-state index contributed by atoms with van der Waals surface area (Å²) < 4.78 is 171. The summed E-state index contributed by atoms with van der Waals surface area (Å²) in [6.07, 6.45) is -1.54. The van der Waals surface area contributed by atoms with E-state index < -0.39 is 58.8 Å². The van der Waals surface area contributed by atoms with Crippen molar-refractivity contribution in [3.05, 3.63) is 171 Å². The van der Waals surface area contributed by atoms with Gasteiger partial charge in [-0.1, -0.05) is 24.3 Å². The van der Waals surface area contributed by atoms with E-state index in [0.717, 1.165) is 101 Å².